The van der Waals surface area contributed by atoms with Crippen LogP contribution in [0.1, 0.15) is 17.3 Å². The van der Waals surface area contributed by atoms with Crippen LogP contribution in [0.2, 0.25) is 0 Å². The summed E-state index contributed by atoms with van der Waals surface area (Å²) < 4.78 is 0. The fourth-order valence-electron chi connectivity index (χ4n) is 2.09. The number of para-hydroxylation sites is 2. The van der Waals surface area contributed by atoms with Gasteiger partial charge in [-0.15, -0.1) is 0 Å². The average molecular weight is 279 g/mol. The molecule has 1 heterocycles. The van der Waals surface area contributed by atoms with E-state index in [0.29, 0.717) is 16.9 Å². The number of amidine groups is 1. The molecule has 0 saturated heterocycles. The van der Waals surface area contributed by atoms with Crippen LogP contribution in [0.15, 0.2) is 59.6 Å². The summed E-state index contributed by atoms with van der Waals surface area (Å²) in [5.74, 6) is -0.352. The smallest absolute Gasteiger partial charge is 0.279 e. The summed E-state index contributed by atoms with van der Waals surface area (Å²) in [6.07, 6.45) is 0. The third-order valence-corrected chi connectivity index (χ3v) is 3.14. The number of hydrogen-bond acceptors (Lipinski definition) is 4. The lowest BCUT2D eigenvalue weighted by Crippen LogP contribution is -2.47. The lowest BCUT2D eigenvalue weighted by molar-refractivity contribution is -0.111. The van der Waals surface area contributed by atoms with Crippen molar-refractivity contribution in [2.45, 2.75) is 6.92 Å². The molecule has 1 amide bonds. The summed E-state index contributed by atoms with van der Waals surface area (Å²) in [5.41, 5.74) is 4.39. The molecule has 0 atom stereocenters. The summed E-state index contributed by atoms with van der Waals surface area (Å²) in [4.78, 5) is 28.7. The van der Waals surface area contributed by atoms with Crippen LogP contribution in [0.4, 0.5) is 11.4 Å². The average Bonchev–Trinajstić information content (AvgIpc) is 2.66. The Kier molecular flexibility index (Phi) is 3.23. The quantitative estimate of drug-likeness (QED) is 0.918. The van der Waals surface area contributed by atoms with Crippen LogP contribution >= 0.6 is 0 Å². The maximum atomic E-state index is 12.7. The molecule has 0 fully saturated rings. The van der Waals surface area contributed by atoms with Gasteiger partial charge < -0.3 is 0 Å². The highest BCUT2D eigenvalue weighted by Gasteiger charge is 2.26. The molecule has 1 aliphatic rings. The minimum atomic E-state index is -0.253. The summed E-state index contributed by atoms with van der Waals surface area (Å²) >= 11 is 0. The largest absolute Gasteiger partial charge is 0.291 e. The molecule has 0 saturated carbocycles. The zero-order chi connectivity index (χ0) is 14.8. The molecule has 3 rings (SSSR count). The Morgan fingerprint density at radius 2 is 1.71 bits per heavy atom. The van der Waals surface area contributed by atoms with Crippen molar-refractivity contribution >= 4 is 28.9 Å². The maximum absolute atomic E-state index is 12.7. The number of carbonyl (C=O) groups excluding carboxylic acids is 2. The van der Waals surface area contributed by atoms with Gasteiger partial charge in [-0.25, -0.2) is 10.0 Å². The van der Waals surface area contributed by atoms with E-state index in [4.69, 9.17) is 0 Å². The van der Waals surface area contributed by atoms with Gasteiger partial charge in [-0.2, -0.15) is 0 Å². The SMILES string of the molecule is CC(=O)C1=Nc2ccccc2C(=O)N(c2ccccc2)N1. The molecule has 0 aliphatic carbocycles. The van der Waals surface area contributed by atoms with Gasteiger partial charge in [0, 0.05) is 6.92 Å². The molecule has 1 aliphatic heterocycles. The fourth-order valence-corrected chi connectivity index (χ4v) is 2.09. The monoisotopic (exact) mass is 279 g/mol. The van der Waals surface area contributed by atoms with Gasteiger partial charge in [0.2, 0.25) is 0 Å². The number of anilines is 1. The van der Waals surface area contributed by atoms with E-state index >= 15 is 0 Å². The third-order valence-electron chi connectivity index (χ3n) is 3.14. The summed E-state index contributed by atoms with van der Waals surface area (Å²) in [6.45, 7) is 1.41. The second-order valence-electron chi connectivity index (χ2n) is 4.62. The molecule has 5 nitrogen and oxygen atoms in total. The van der Waals surface area contributed by atoms with Gasteiger partial charge in [0.25, 0.3) is 5.91 Å². The number of ketones is 1. The van der Waals surface area contributed by atoms with Crippen LogP contribution < -0.4 is 10.4 Å². The van der Waals surface area contributed by atoms with Gasteiger partial charge in [0.05, 0.1) is 16.9 Å². The van der Waals surface area contributed by atoms with Crippen molar-refractivity contribution in [3.05, 3.63) is 60.2 Å². The highest BCUT2D eigenvalue weighted by molar-refractivity contribution is 6.40. The first-order valence-electron chi connectivity index (χ1n) is 6.51. The van der Waals surface area contributed by atoms with E-state index in [0.717, 1.165) is 0 Å². The Balaban J connectivity index is 2.15. The van der Waals surface area contributed by atoms with E-state index in [2.05, 4.69) is 10.4 Å². The first-order valence-corrected chi connectivity index (χ1v) is 6.51. The predicted molar refractivity (Wildman–Crippen MR) is 80.6 cm³/mol. The third kappa shape index (κ3) is 2.41. The van der Waals surface area contributed by atoms with E-state index in [9.17, 15) is 9.59 Å². The molecule has 2 aromatic rings. The lowest BCUT2D eigenvalue weighted by Gasteiger charge is -2.22. The van der Waals surface area contributed by atoms with Crippen LogP contribution in [0.3, 0.4) is 0 Å². The van der Waals surface area contributed by atoms with Gasteiger partial charge in [-0.3, -0.25) is 15.0 Å². The van der Waals surface area contributed by atoms with E-state index < -0.39 is 0 Å². The van der Waals surface area contributed by atoms with Crippen LogP contribution in [-0.2, 0) is 4.79 Å². The number of amides is 1. The van der Waals surface area contributed by atoms with Crippen molar-refractivity contribution in [3.63, 3.8) is 0 Å². The number of Topliss-reactive ketones (excluding diaryl/α,β-unsaturated/α-hetero) is 1. The van der Waals surface area contributed by atoms with Crippen molar-refractivity contribution in [1.29, 1.82) is 0 Å². The second-order valence-corrected chi connectivity index (χ2v) is 4.62. The van der Waals surface area contributed by atoms with Crippen LogP contribution in [0.25, 0.3) is 0 Å². The number of carbonyl (C=O) groups is 2. The molecule has 104 valence electrons. The Morgan fingerprint density at radius 3 is 2.43 bits per heavy atom. The lowest BCUT2D eigenvalue weighted by atomic mass is 10.1. The van der Waals surface area contributed by atoms with Gasteiger partial charge in [0.15, 0.2) is 11.6 Å². The standard InChI is InChI=1S/C16H13N3O2/c1-11(20)15-17-14-10-6-5-9-13(14)16(21)19(18-15)12-7-3-2-4-8-12/h2-10H,1H3,(H,17,18). The number of benzene rings is 2. The number of fused-ring (bicyclic) bond motifs is 1. The summed E-state index contributed by atoms with van der Waals surface area (Å²) in [7, 11) is 0. The summed E-state index contributed by atoms with van der Waals surface area (Å²) in [5, 5.41) is 1.34. The number of nitrogens with zero attached hydrogens (tertiary/aromatic N) is 2. The molecule has 0 spiro atoms. The topological polar surface area (TPSA) is 61.8 Å². The summed E-state index contributed by atoms with van der Waals surface area (Å²) in [6, 6.07) is 16.1. The molecule has 0 aromatic heterocycles. The minimum absolute atomic E-state index is 0.136. The molecule has 1 N–H and O–H groups in total. The molecule has 0 radical (unpaired) electrons. The highest BCUT2D eigenvalue weighted by Crippen LogP contribution is 2.25. The van der Waals surface area contributed by atoms with E-state index in [1.54, 1.807) is 36.4 Å². The van der Waals surface area contributed by atoms with Gasteiger partial charge in [-0.05, 0) is 24.3 Å². The molecule has 21 heavy (non-hydrogen) atoms. The Hall–Kier alpha value is -2.95. The van der Waals surface area contributed by atoms with Gasteiger partial charge in [-0.1, -0.05) is 30.3 Å². The van der Waals surface area contributed by atoms with Crippen LogP contribution in [0.5, 0.6) is 0 Å². The van der Waals surface area contributed by atoms with Crippen LogP contribution in [0, 0.1) is 0 Å². The Labute approximate surface area is 121 Å². The van der Waals surface area contributed by atoms with E-state index in [1.807, 2.05) is 18.2 Å². The van der Waals surface area contributed by atoms with Crippen molar-refractivity contribution < 1.29 is 9.59 Å². The normalized spacial score (nSPS) is 13.9. The Morgan fingerprint density at radius 1 is 1.05 bits per heavy atom. The van der Waals surface area contributed by atoms with Crippen LogP contribution in [-0.4, -0.2) is 17.5 Å². The second kappa shape index (κ2) is 5.20. The maximum Gasteiger partial charge on any atom is 0.279 e. The van der Waals surface area contributed by atoms with Crippen molar-refractivity contribution in [2.24, 2.45) is 4.99 Å². The molecular weight excluding hydrogens is 266 g/mol. The highest BCUT2D eigenvalue weighted by atomic mass is 16.2. The first kappa shape index (κ1) is 13.1. The molecule has 0 unspecified atom stereocenters. The van der Waals surface area contributed by atoms with Gasteiger partial charge in [0.1, 0.15) is 0 Å². The van der Waals surface area contributed by atoms with E-state index in [-0.39, 0.29) is 17.5 Å². The Bertz CT molecular complexity index is 738. The number of nitrogens with one attached hydrogen (secondary N) is 1. The molecule has 5 heteroatoms. The number of aliphatic imine (C=N–C) groups is 1. The zero-order valence-corrected chi connectivity index (χ0v) is 11.4. The van der Waals surface area contributed by atoms with E-state index in [1.165, 1.54) is 11.9 Å². The number of hydrogen-bond donors (Lipinski definition) is 1. The molecule has 2 aromatic carbocycles. The number of hydrazine groups is 1. The zero-order valence-electron chi connectivity index (χ0n) is 11.4. The van der Waals surface area contributed by atoms with Crippen molar-refractivity contribution in [3.8, 4) is 0 Å². The van der Waals surface area contributed by atoms with Crippen molar-refractivity contribution in [1.82, 2.24) is 5.43 Å². The minimum Gasteiger partial charge on any atom is -0.291 e. The molecular formula is C16H13N3O2. The van der Waals surface area contributed by atoms with Crippen molar-refractivity contribution in [2.75, 3.05) is 5.01 Å². The fraction of sp³-hybridized carbons (Fsp3) is 0.0625. The first-order chi connectivity index (χ1) is 10.2. The predicted octanol–water partition coefficient (Wildman–Crippen LogP) is 2.47. The molecule has 0 bridgehead atoms. The van der Waals surface area contributed by atoms with Gasteiger partial charge >= 0.3 is 0 Å². The number of rotatable bonds is 2.